The third-order valence-corrected chi connectivity index (χ3v) is 0.829. The van der Waals surface area contributed by atoms with Crippen LogP contribution in [0.4, 0.5) is 5.95 Å². The van der Waals surface area contributed by atoms with Gasteiger partial charge in [-0.15, -0.1) is 5.10 Å². The van der Waals surface area contributed by atoms with Gasteiger partial charge >= 0.3 is 5.95 Å². The van der Waals surface area contributed by atoms with E-state index in [1.807, 2.05) is 0 Å². The lowest BCUT2D eigenvalue weighted by Gasteiger charge is -1.85. The summed E-state index contributed by atoms with van der Waals surface area (Å²) in [5.41, 5.74) is 0. The van der Waals surface area contributed by atoms with E-state index < -0.39 is 22.7 Å². The smallest absolute Gasteiger partial charge is 0.453 e. The number of carbonyl (C=O) groups is 1. The van der Waals surface area contributed by atoms with Gasteiger partial charge in [0.25, 0.3) is 5.82 Å². The molecule has 0 aliphatic heterocycles. The van der Waals surface area contributed by atoms with Crippen molar-refractivity contribution in [3.05, 3.63) is 15.9 Å². The molecule has 1 rings (SSSR count). The first kappa shape index (κ1) is 7.12. The zero-order valence-corrected chi connectivity index (χ0v) is 4.97. The van der Waals surface area contributed by atoms with Gasteiger partial charge in [-0.2, -0.15) is 0 Å². The summed E-state index contributed by atoms with van der Waals surface area (Å²) in [6.07, 6.45) is 0. The van der Waals surface area contributed by atoms with Crippen molar-refractivity contribution in [1.82, 2.24) is 15.2 Å². The Morgan fingerprint density at radius 1 is 1.64 bits per heavy atom. The number of aromatic nitrogens is 3. The second-order valence-corrected chi connectivity index (χ2v) is 1.53. The van der Waals surface area contributed by atoms with Crippen LogP contribution in [0.15, 0.2) is 0 Å². The van der Waals surface area contributed by atoms with Crippen LogP contribution in [0.25, 0.3) is 0 Å². The largest absolute Gasteiger partial charge is 0.540 e. The van der Waals surface area contributed by atoms with Gasteiger partial charge in [0, 0.05) is 0 Å². The molecule has 11 heavy (non-hydrogen) atoms. The quantitative estimate of drug-likeness (QED) is 0.393. The van der Waals surface area contributed by atoms with Crippen molar-refractivity contribution in [3.8, 4) is 0 Å². The minimum absolute atomic E-state index is 0.718. The van der Waals surface area contributed by atoms with E-state index in [9.17, 15) is 20.0 Å². The zero-order valence-electron chi connectivity index (χ0n) is 4.97. The number of nitrogens with zero attached hydrogens (tertiary/aromatic N) is 3. The average Bonchev–Trinajstić information content (AvgIpc) is 2.33. The van der Waals surface area contributed by atoms with Crippen molar-refractivity contribution >= 4 is 11.9 Å². The number of aromatic amines is 1. The summed E-state index contributed by atoms with van der Waals surface area (Å²) < 4.78 is 0. The monoisotopic (exact) mass is 157 g/mol. The van der Waals surface area contributed by atoms with Crippen molar-refractivity contribution in [3.63, 3.8) is 0 Å². The molecule has 0 bridgehead atoms. The highest BCUT2D eigenvalue weighted by Gasteiger charge is 2.13. The van der Waals surface area contributed by atoms with Crippen LogP contribution >= 0.6 is 0 Å². The number of H-pyrrole nitrogens is 1. The third-order valence-electron chi connectivity index (χ3n) is 0.829. The summed E-state index contributed by atoms with van der Waals surface area (Å²) in [5.74, 6) is -3.10. The first-order valence-electron chi connectivity index (χ1n) is 2.39. The van der Waals surface area contributed by atoms with E-state index in [2.05, 4.69) is 10.1 Å². The number of carbonyl (C=O) groups excluding carboxylic acids is 1. The fourth-order valence-electron chi connectivity index (χ4n) is 0.426. The maximum atomic E-state index is 9.96. The molecule has 0 unspecified atom stereocenters. The summed E-state index contributed by atoms with van der Waals surface area (Å²) in [6.45, 7) is 0. The number of carboxylic acid groups (broad SMARTS) is 1. The molecule has 0 radical (unpaired) electrons. The van der Waals surface area contributed by atoms with Crippen molar-refractivity contribution in [2.24, 2.45) is 0 Å². The molecular weight excluding hydrogens is 156 g/mol. The van der Waals surface area contributed by atoms with Gasteiger partial charge in [-0.25, -0.2) is 0 Å². The molecule has 0 aliphatic carbocycles. The summed E-state index contributed by atoms with van der Waals surface area (Å²) in [7, 11) is 0. The van der Waals surface area contributed by atoms with Crippen LogP contribution in [0.3, 0.4) is 0 Å². The predicted octanol–water partition coefficient (Wildman–Crippen LogP) is -1.92. The standard InChI is InChI=1S/C3H2N4O4/c8-2(9)1-4-3(6-5-1)7(10)11/h(H,8,9)(H,4,5,6)/p-1. The Morgan fingerprint density at radius 2 is 2.27 bits per heavy atom. The fourth-order valence-corrected chi connectivity index (χ4v) is 0.426. The van der Waals surface area contributed by atoms with Crippen LogP contribution in [0.1, 0.15) is 10.6 Å². The maximum absolute atomic E-state index is 9.96. The maximum Gasteiger partial charge on any atom is 0.453 e. The number of aromatic carboxylic acids is 1. The van der Waals surface area contributed by atoms with Crippen molar-refractivity contribution in [2.75, 3.05) is 0 Å². The topological polar surface area (TPSA) is 125 Å². The van der Waals surface area contributed by atoms with Crippen LogP contribution < -0.4 is 5.11 Å². The highest BCUT2D eigenvalue weighted by atomic mass is 16.6. The number of nitrogens with one attached hydrogen (secondary N) is 1. The van der Waals surface area contributed by atoms with E-state index >= 15 is 0 Å². The van der Waals surface area contributed by atoms with Gasteiger partial charge in [0.2, 0.25) is 0 Å². The Morgan fingerprint density at radius 3 is 2.55 bits per heavy atom. The molecule has 0 aliphatic rings. The Kier molecular flexibility index (Phi) is 1.51. The van der Waals surface area contributed by atoms with E-state index in [0.29, 0.717) is 0 Å². The number of hydrogen-bond acceptors (Lipinski definition) is 6. The molecule has 8 nitrogen and oxygen atoms in total. The zero-order chi connectivity index (χ0) is 8.43. The van der Waals surface area contributed by atoms with Crippen LogP contribution in [-0.4, -0.2) is 26.1 Å². The lowest BCUT2D eigenvalue weighted by Crippen LogP contribution is -2.23. The normalized spacial score (nSPS) is 9.45. The fraction of sp³-hybridized carbons (Fsp3) is 0. The summed E-state index contributed by atoms with van der Waals surface area (Å²) in [4.78, 5) is 21.9. The molecule has 0 atom stereocenters. The van der Waals surface area contributed by atoms with Crippen LogP contribution in [0, 0.1) is 10.1 Å². The Hall–Kier alpha value is -1.99. The molecule has 0 spiro atoms. The van der Waals surface area contributed by atoms with Gasteiger partial charge < -0.3 is 20.0 Å². The second kappa shape index (κ2) is 2.33. The van der Waals surface area contributed by atoms with Gasteiger partial charge in [0.1, 0.15) is 5.97 Å². The lowest BCUT2D eigenvalue weighted by atomic mass is 10.6. The first-order chi connectivity index (χ1) is 5.11. The molecule has 0 aromatic carbocycles. The SMILES string of the molecule is O=C([O-])c1n[nH]c([N+](=O)[O-])n1. The van der Waals surface area contributed by atoms with E-state index in [1.165, 1.54) is 0 Å². The minimum Gasteiger partial charge on any atom is -0.540 e. The molecule has 0 fully saturated rings. The number of hydrogen-bond donors (Lipinski definition) is 1. The van der Waals surface area contributed by atoms with Crippen molar-refractivity contribution in [1.29, 1.82) is 0 Å². The molecule has 1 N–H and O–H groups in total. The number of rotatable bonds is 2. The van der Waals surface area contributed by atoms with Crippen molar-refractivity contribution < 1.29 is 14.8 Å². The molecule has 58 valence electrons. The molecule has 0 saturated carbocycles. The lowest BCUT2D eigenvalue weighted by molar-refractivity contribution is -0.394. The molecule has 0 saturated heterocycles. The molecule has 8 heteroatoms. The van der Waals surface area contributed by atoms with E-state index in [4.69, 9.17) is 0 Å². The minimum atomic E-state index is -1.66. The van der Waals surface area contributed by atoms with Gasteiger partial charge in [0.15, 0.2) is 0 Å². The highest BCUT2D eigenvalue weighted by molar-refractivity contribution is 5.81. The van der Waals surface area contributed by atoms with Gasteiger partial charge in [-0.3, -0.25) is 0 Å². The summed E-state index contributed by atoms with van der Waals surface area (Å²) in [5, 5.41) is 24.7. The molecular formula is C3HN4O4-. The second-order valence-electron chi connectivity index (χ2n) is 1.53. The van der Waals surface area contributed by atoms with Gasteiger partial charge in [0.05, 0.1) is 0 Å². The molecule has 1 heterocycles. The van der Waals surface area contributed by atoms with E-state index in [-0.39, 0.29) is 0 Å². The summed E-state index contributed by atoms with van der Waals surface area (Å²) in [6, 6.07) is 0. The summed E-state index contributed by atoms with van der Waals surface area (Å²) >= 11 is 0. The third kappa shape index (κ3) is 1.28. The van der Waals surface area contributed by atoms with Gasteiger partial charge in [-0.05, 0) is 9.91 Å². The van der Waals surface area contributed by atoms with E-state index in [0.717, 1.165) is 0 Å². The Balaban J connectivity index is 2.99. The highest BCUT2D eigenvalue weighted by Crippen LogP contribution is 1.99. The molecule has 1 aromatic rings. The van der Waals surface area contributed by atoms with E-state index in [1.54, 1.807) is 5.10 Å². The Bertz CT molecular complexity index is 276. The average molecular weight is 157 g/mol. The van der Waals surface area contributed by atoms with Crippen molar-refractivity contribution in [2.45, 2.75) is 0 Å². The molecule has 0 amide bonds. The number of nitro groups is 1. The molecule has 1 aromatic heterocycles. The predicted molar refractivity (Wildman–Crippen MR) is 27.4 cm³/mol. The van der Waals surface area contributed by atoms with Crippen LogP contribution in [-0.2, 0) is 0 Å². The van der Waals surface area contributed by atoms with Crippen LogP contribution in [0.2, 0.25) is 0 Å². The van der Waals surface area contributed by atoms with Crippen LogP contribution in [0.5, 0.6) is 0 Å². The first-order valence-corrected chi connectivity index (χ1v) is 2.39. The van der Waals surface area contributed by atoms with Gasteiger partial charge in [-0.1, -0.05) is 5.10 Å². The number of carboxylic acids is 1. The Labute approximate surface area is 59.0 Å².